The van der Waals surface area contributed by atoms with E-state index in [4.69, 9.17) is 10.5 Å². The molecule has 1 atom stereocenters. The van der Waals surface area contributed by atoms with Gasteiger partial charge in [-0.1, -0.05) is 30.3 Å². The quantitative estimate of drug-likeness (QED) is 0.465. The predicted octanol–water partition coefficient (Wildman–Crippen LogP) is 3.50. The molecule has 0 heterocycles. The second kappa shape index (κ2) is 7.48. The summed E-state index contributed by atoms with van der Waals surface area (Å²) in [7, 11) is 3.16. The van der Waals surface area contributed by atoms with Crippen LogP contribution in [-0.2, 0) is 4.74 Å². The van der Waals surface area contributed by atoms with Crippen LogP contribution in [0.15, 0.2) is 47.7 Å². The van der Waals surface area contributed by atoms with Gasteiger partial charge in [-0.15, -0.1) is 0 Å². The maximum absolute atomic E-state index is 16.0. The number of carbonyl (C=O) groups excluding carboxylic acids is 1. The van der Waals surface area contributed by atoms with E-state index >= 15 is 4.39 Å². The molecule has 1 aliphatic rings. The van der Waals surface area contributed by atoms with Crippen LogP contribution in [0.5, 0.6) is 0 Å². The predicted molar refractivity (Wildman–Crippen MR) is 99.9 cm³/mol. The van der Waals surface area contributed by atoms with Crippen molar-refractivity contribution in [3.8, 4) is 0 Å². The second-order valence-electron chi connectivity index (χ2n) is 7.36. The molecule has 7 nitrogen and oxygen atoms in total. The first-order valence-electron chi connectivity index (χ1n) is 8.45. The number of ether oxygens (including phenoxy) is 1. The van der Waals surface area contributed by atoms with Crippen molar-refractivity contribution in [3.05, 3.63) is 63.4 Å². The number of benzene rings is 1. The van der Waals surface area contributed by atoms with Crippen molar-refractivity contribution in [1.29, 1.82) is 0 Å². The molecule has 0 aromatic heterocycles. The Labute approximate surface area is 157 Å². The molecule has 27 heavy (non-hydrogen) atoms. The maximum Gasteiger partial charge on any atom is 0.405 e. The third kappa shape index (κ3) is 4.51. The van der Waals surface area contributed by atoms with E-state index in [0.29, 0.717) is 5.56 Å². The van der Waals surface area contributed by atoms with Crippen LogP contribution in [0, 0.1) is 10.1 Å². The Kier molecular flexibility index (Phi) is 5.70. The number of nitrogens with two attached hydrogens (primary N) is 1. The number of nitro groups is 1. The zero-order valence-corrected chi connectivity index (χ0v) is 15.9. The van der Waals surface area contributed by atoms with Gasteiger partial charge in [0.15, 0.2) is 5.79 Å². The smallest absolute Gasteiger partial charge is 0.405 e. The molecule has 0 saturated carbocycles. The molecule has 146 valence electrons. The molecule has 1 aromatic rings. The van der Waals surface area contributed by atoms with Crippen LogP contribution >= 0.6 is 0 Å². The number of likely N-dealkylation sites (N-methyl/N-ethyl adjacent to an activating group) is 1. The van der Waals surface area contributed by atoms with Crippen LogP contribution in [0.3, 0.4) is 0 Å². The zero-order chi connectivity index (χ0) is 20.4. The van der Waals surface area contributed by atoms with Gasteiger partial charge < -0.3 is 10.5 Å². The fourth-order valence-electron chi connectivity index (χ4n) is 3.30. The van der Waals surface area contributed by atoms with Crippen LogP contribution in [0.4, 0.5) is 9.18 Å². The van der Waals surface area contributed by atoms with Gasteiger partial charge in [0, 0.05) is 30.1 Å². The van der Waals surface area contributed by atoms with Gasteiger partial charge in [0.25, 0.3) is 5.70 Å². The normalized spacial score (nSPS) is 20.4. The molecule has 1 aliphatic carbocycles. The highest BCUT2D eigenvalue weighted by Gasteiger charge is 2.45. The highest BCUT2D eigenvalue weighted by Crippen LogP contribution is 2.45. The fraction of sp³-hybridized carbons (Fsp3) is 0.421. The lowest BCUT2D eigenvalue weighted by Crippen LogP contribution is -2.44. The molecular formula is C19H24FN3O4. The molecular weight excluding hydrogens is 353 g/mol. The molecule has 8 heteroatoms. The number of primary amides is 1. The summed E-state index contributed by atoms with van der Waals surface area (Å²) in [6, 6.07) is 8.73. The van der Waals surface area contributed by atoms with Gasteiger partial charge in [-0.3, -0.25) is 15.0 Å². The van der Waals surface area contributed by atoms with Crippen molar-refractivity contribution in [2.75, 3.05) is 14.1 Å². The van der Waals surface area contributed by atoms with Crippen LogP contribution in [-0.4, -0.2) is 41.4 Å². The van der Waals surface area contributed by atoms with E-state index in [1.165, 1.54) is 11.0 Å². The Bertz CT molecular complexity index is 802. The van der Waals surface area contributed by atoms with Gasteiger partial charge in [0.1, 0.15) is 5.60 Å². The molecule has 2 rings (SSSR count). The Morgan fingerprint density at radius 2 is 1.96 bits per heavy atom. The van der Waals surface area contributed by atoms with Gasteiger partial charge >= 0.3 is 6.09 Å². The van der Waals surface area contributed by atoms with Crippen molar-refractivity contribution >= 4 is 11.7 Å². The standard InChI is InChI=1S/C19H24FN3O4/c1-18(2,27-17(21)24)11-14-12-19(20,22(3)4)15(10-16(14)23(25)26)13-8-6-5-7-9-13/h5-10H,11-12H2,1-4H3,(H2,21,24). The number of carbonyl (C=O) groups is 1. The van der Waals surface area contributed by atoms with Crippen LogP contribution in [0.2, 0.25) is 0 Å². The highest BCUT2D eigenvalue weighted by molar-refractivity contribution is 5.76. The van der Waals surface area contributed by atoms with Gasteiger partial charge in [0.05, 0.1) is 4.92 Å². The molecule has 2 N–H and O–H groups in total. The molecule has 0 radical (unpaired) electrons. The minimum Gasteiger partial charge on any atom is -0.443 e. The molecule has 0 saturated heterocycles. The number of allylic oxidation sites excluding steroid dienone is 1. The molecule has 0 aliphatic heterocycles. The largest absolute Gasteiger partial charge is 0.443 e. The van der Waals surface area contributed by atoms with Crippen molar-refractivity contribution < 1.29 is 18.8 Å². The van der Waals surface area contributed by atoms with Gasteiger partial charge in [-0.25, -0.2) is 9.18 Å². The van der Waals surface area contributed by atoms with E-state index in [9.17, 15) is 14.9 Å². The van der Waals surface area contributed by atoms with E-state index in [2.05, 4.69) is 0 Å². The van der Waals surface area contributed by atoms with Gasteiger partial charge in [-0.05, 0) is 33.5 Å². The molecule has 1 unspecified atom stereocenters. The Morgan fingerprint density at radius 1 is 1.37 bits per heavy atom. The third-order valence-corrected chi connectivity index (χ3v) is 4.51. The van der Waals surface area contributed by atoms with E-state index in [1.807, 2.05) is 0 Å². The monoisotopic (exact) mass is 377 g/mol. The molecule has 1 aromatic carbocycles. The molecule has 1 amide bonds. The Morgan fingerprint density at radius 3 is 2.44 bits per heavy atom. The number of amides is 1. The summed E-state index contributed by atoms with van der Waals surface area (Å²) in [4.78, 5) is 23.6. The second-order valence-corrected chi connectivity index (χ2v) is 7.36. The zero-order valence-electron chi connectivity index (χ0n) is 15.9. The lowest BCUT2D eigenvalue weighted by Gasteiger charge is -2.38. The lowest BCUT2D eigenvalue weighted by molar-refractivity contribution is -0.421. The maximum atomic E-state index is 16.0. The minimum atomic E-state index is -1.95. The van der Waals surface area contributed by atoms with E-state index in [-0.39, 0.29) is 29.7 Å². The fourth-order valence-corrected chi connectivity index (χ4v) is 3.30. The van der Waals surface area contributed by atoms with Crippen molar-refractivity contribution in [1.82, 2.24) is 4.90 Å². The first-order valence-corrected chi connectivity index (χ1v) is 8.45. The lowest BCUT2D eigenvalue weighted by atomic mass is 9.81. The van der Waals surface area contributed by atoms with E-state index < -0.39 is 22.4 Å². The summed E-state index contributed by atoms with van der Waals surface area (Å²) in [5.74, 6) is -1.95. The number of nitrogens with zero attached hydrogens (tertiary/aromatic N) is 2. The molecule has 0 spiro atoms. The van der Waals surface area contributed by atoms with E-state index in [1.54, 1.807) is 58.3 Å². The average molecular weight is 377 g/mol. The van der Waals surface area contributed by atoms with Crippen LogP contribution in [0.1, 0.15) is 32.3 Å². The van der Waals surface area contributed by atoms with Crippen molar-refractivity contribution in [3.63, 3.8) is 0 Å². The average Bonchev–Trinajstić information content (AvgIpc) is 2.53. The van der Waals surface area contributed by atoms with E-state index in [0.717, 1.165) is 0 Å². The van der Waals surface area contributed by atoms with Crippen LogP contribution in [0.25, 0.3) is 5.57 Å². The molecule has 0 bridgehead atoms. The number of halogens is 1. The summed E-state index contributed by atoms with van der Waals surface area (Å²) in [5.41, 5.74) is 4.82. The van der Waals surface area contributed by atoms with Crippen molar-refractivity contribution in [2.45, 2.75) is 38.1 Å². The topological polar surface area (TPSA) is 98.7 Å². The van der Waals surface area contributed by atoms with Gasteiger partial charge in [-0.2, -0.15) is 0 Å². The Balaban J connectivity index is 2.59. The summed E-state index contributed by atoms with van der Waals surface area (Å²) in [6.45, 7) is 3.16. The third-order valence-electron chi connectivity index (χ3n) is 4.51. The number of alkyl halides is 1. The Hall–Kier alpha value is -2.74. The summed E-state index contributed by atoms with van der Waals surface area (Å²) in [5, 5.41) is 11.7. The van der Waals surface area contributed by atoms with Crippen molar-refractivity contribution in [2.24, 2.45) is 5.73 Å². The number of hydrogen-bond acceptors (Lipinski definition) is 5. The summed E-state index contributed by atoms with van der Waals surface area (Å²) >= 11 is 0. The highest BCUT2D eigenvalue weighted by atomic mass is 19.1. The minimum absolute atomic E-state index is 0.00959. The molecule has 0 fully saturated rings. The SMILES string of the molecule is CN(C)C1(F)CC(CC(C)(C)OC(N)=O)=C([N+](=O)[O-])C=C1c1ccccc1. The first-order chi connectivity index (χ1) is 12.5. The number of hydrogen-bond donors (Lipinski definition) is 1. The summed E-state index contributed by atoms with van der Waals surface area (Å²) < 4.78 is 21.1. The first kappa shape index (κ1) is 20.6. The number of rotatable bonds is 6. The summed E-state index contributed by atoms with van der Waals surface area (Å²) in [6.07, 6.45) is 0.0558. The van der Waals surface area contributed by atoms with Crippen LogP contribution < -0.4 is 5.73 Å². The van der Waals surface area contributed by atoms with Gasteiger partial charge in [0.2, 0.25) is 0 Å².